The second-order valence-corrected chi connectivity index (χ2v) is 17.3. The van der Waals surface area contributed by atoms with Gasteiger partial charge in [-0.15, -0.1) is 9.34 Å². The maximum absolute atomic E-state index is 16.7. The summed E-state index contributed by atoms with van der Waals surface area (Å²) in [4.78, 5) is 30.7. The first-order valence-corrected chi connectivity index (χ1v) is 20.6. The molecule has 0 unspecified atom stereocenters. The predicted octanol–water partition coefficient (Wildman–Crippen LogP) is 10.0. The van der Waals surface area contributed by atoms with E-state index in [0.717, 1.165) is 46.8 Å². The van der Waals surface area contributed by atoms with Gasteiger partial charge in [0.05, 0.1) is 38.3 Å². The maximum Gasteiger partial charge on any atom is 0.184 e. The van der Waals surface area contributed by atoms with E-state index in [1.54, 1.807) is 7.11 Å². The molecule has 0 spiro atoms. The summed E-state index contributed by atoms with van der Waals surface area (Å²) in [7, 11) is -1.94. The zero-order chi connectivity index (χ0) is 35.7. The van der Waals surface area contributed by atoms with Crippen molar-refractivity contribution in [2.24, 2.45) is 0 Å². The van der Waals surface area contributed by atoms with Crippen molar-refractivity contribution in [2.45, 2.75) is 63.3 Å². The summed E-state index contributed by atoms with van der Waals surface area (Å²) in [5.41, 5.74) is 3.73. The minimum absolute atomic E-state index is 0.0275. The number of para-hydroxylation sites is 1. The van der Waals surface area contributed by atoms with Crippen molar-refractivity contribution >= 4 is 51.2 Å². The lowest BCUT2D eigenvalue weighted by Crippen LogP contribution is -2.45. The van der Waals surface area contributed by atoms with E-state index in [-0.39, 0.29) is 24.3 Å². The fourth-order valence-electron chi connectivity index (χ4n) is 8.44. The highest BCUT2D eigenvalue weighted by molar-refractivity contribution is 9.10. The average molecular weight is 773 g/mol. The normalized spacial score (nSPS) is 19.4. The Morgan fingerprint density at radius 1 is 0.750 bits per heavy atom. The van der Waals surface area contributed by atoms with Crippen LogP contribution >= 0.6 is 23.9 Å². The van der Waals surface area contributed by atoms with Gasteiger partial charge in [0.1, 0.15) is 5.75 Å². The third kappa shape index (κ3) is 6.82. The lowest BCUT2D eigenvalue weighted by atomic mass is 9.89. The van der Waals surface area contributed by atoms with Crippen molar-refractivity contribution in [3.63, 3.8) is 0 Å². The van der Waals surface area contributed by atoms with Crippen LogP contribution in [0.25, 0.3) is 21.5 Å². The molecule has 0 radical (unpaired) electrons. The smallest absolute Gasteiger partial charge is 0.184 e. The molecule has 8 heteroatoms. The number of halogens is 1. The number of nitrogens with zero attached hydrogens (tertiary/aromatic N) is 2. The molecule has 1 N–H and O–H groups in total. The van der Waals surface area contributed by atoms with Crippen LogP contribution in [0.4, 0.5) is 0 Å². The molecule has 0 amide bonds. The Morgan fingerprint density at radius 3 is 1.85 bits per heavy atom. The number of methoxy groups -OCH3 is 1. The van der Waals surface area contributed by atoms with Gasteiger partial charge in [-0.25, -0.2) is 0 Å². The largest absolute Gasteiger partial charge is 0.636 e. The summed E-state index contributed by atoms with van der Waals surface area (Å²) < 4.78 is 11.4. The van der Waals surface area contributed by atoms with E-state index in [4.69, 9.17) is 4.74 Å². The molecule has 264 valence electrons. The Hall–Kier alpha value is -3.94. The van der Waals surface area contributed by atoms with E-state index < -0.39 is 14.0 Å². The zero-order valence-electron chi connectivity index (χ0n) is 29.3. The molecule has 2 fully saturated rings. The molecular weight excluding hydrogens is 729 g/mol. The number of ether oxygens (including phenoxy) is 1. The van der Waals surface area contributed by atoms with Crippen molar-refractivity contribution < 1.29 is 14.4 Å². The minimum atomic E-state index is -3.59. The van der Waals surface area contributed by atoms with E-state index in [9.17, 15) is 4.79 Å². The number of ketones is 1. The Bertz CT molecular complexity index is 2100. The molecule has 6 aromatic carbocycles. The van der Waals surface area contributed by atoms with Gasteiger partial charge in [0, 0.05) is 22.0 Å². The summed E-state index contributed by atoms with van der Waals surface area (Å²) in [5.74, 6) is 0.633. The number of fused-ring (bicyclic) bond motifs is 3. The molecule has 6 nitrogen and oxygen atoms in total. The third-order valence-corrected chi connectivity index (χ3v) is 14.4. The Labute approximate surface area is 315 Å². The van der Waals surface area contributed by atoms with Crippen LogP contribution in [0.5, 0.6) is 5.75 Å². The minimum Gasteiger partial charge on any atom is -0.636 e. The highest BCUT2D eigenvalue weighted by Gasteiger charge is 2.60. The highest BCUT2D eigenvalue weighted by atomic mass is 79.9. The molecule has 1 saturated carbocycles. The van der Waals surface area contributed by atoms with E-state index in [1.807, 2.05) is 48.5 Å². The molecule has 6 aromatic rings. The quantitative estimate of drug-likeness (QED) is 0.105. The van der Waals surface area contributed by atoms with E-state index >= 15 is 4.89 Å². The summed E-state index contributed by atoms with van der Waals surface area (Å²) in [6.07, 6.45) is 4.22. The van der Waals surface area contributed by atoms with Crippen LogP contribution in [0, 0.1) is 0 Å². The van der Waals surface area contributed by atoms with Crippen LogP contribution in [0.1, 0.15) is 65.2 Å². The summed E-state index contributed by atoms with van der Waals surface area (Å²) in [5, 5.41) is 8.46. The number of carbonyl (C=O) groups is 1. The van der Waals surface area contributed by atoms with Crippen LogP contribution in [-0.4, -0.2) is 34.3 Å². The maximum atomic E-state index is 16.7. The predicted molar refractivity (Wildman–Crippen MR) is 214 cm³/mol. The van der Waals surface area contributed by atoms with E-state index in [2.05, 4.69) is 115 Å². The molecule has 1 aliphatic heterocycles. The molecule has 1 saturated heterocycles. The SMILES string of the molecule is COc1ccccc1[C@@H](CC(=O)c1ccc(Br)cc1)N[P+]1([O-])N(Cc2cccc3ccccc23)[C@@H]2CCCC[C@H]2N1Cc1cccc2ccccc12. The average Bonchev–Trinajstić information content (AvgIpc) is 3.40. The molecule has 3 atom stereocenters. The number of Topliss-reactive ketones (excluding diaryl/α,β-unsaturated/α-hetero) is 1. The number of nitrogens with one attached hydrogen (secondary N) is 1. The number of rotatable bonds is 11. The van der Waals surface area contributed by atoms with Gasteiger partial charge in [-0.1, -0.05) is 144 Å². The highest BCUT2D eigenvalue weighted by Crippen LogP contribution is 2.66. The molecule has 8 rings (SSSR count). The fraction of sp³-hybridized carbons (Fsp3) is 0.250. The van der Waals surface area contributed by atoms with E-state index in [1.165, 1.54) is 21.5 Å². The molecular formula is C44H43BrN3O3P. The first kappa shape index (κ1) is 35.1. The lowest BCUT2D eigenvalue weighted by molar-refractivity contribution is -0.196. The van der Waals surface area contributed by atoms with Crippen molar-refractivity contribution in [3.05, 3.63) is 160 Å². The molecule has 1 heterocycles. The van der Waals surface area contributed by atoms with Gasteiger partial charge < -0.3 is 9.63 Å². The molecule has 2 aliphatic rings. The second-order valence-electron chi connectivity index (χ2n) is 14.0. The van der Waals surface area contributed by atoms with Gasteiger partial charge in [0.2, 0.25) is 0 Å². The third-order valence-electron chi connectivity index (χ3n) is 11.0. The first-order chi connectivity index (χ1) is 25.4. The monoisotopic (exact) mass is 771 g/mol. The lowest BCUT2D eigenvalue weighted by Gasteiger charge is -2.42. The van der Waals surface area contributed by atoms with E-state index in [0.29, 0.717) is 24.4 Å². The molecule has 0 bridgehead atoms. The van der Waals surface area contributed by atoms with Crippen LogP contribution in [0.2, 0.25) is 0 Å². The Morgan fingerprint density at radius 2 is 1.27 bits per heavy atom. The number of hydrogen-bond donors (Lipinski definition) is 1. The summed E-state index contributed by atoms with van der Waals surface area (Å²) >= 11 is 3.51. The first-order valence-electron chi connectivity index (χ1n) is 18.2. The van der Waals surface area contributed by atoms with Crippen molar-refractivity contribution in [3.8, 4) is 5.75 Å². The summed E-state index contributed by atoms with van der Waals surface area (Å²) in [6.45, 7) is 1.05. The number of carbonyl (C=O) groups excluding carboxylic acids is 1. The van der Waals surface area contributed by atoms with Gasteiger partial charge >= 0.3 is 0 Å². The summed E-state index contributed by atoms with van der Waals surface area (Å²) in [6, 6.07) is 44.6. The van der Waals surface area contributed by atoms with Gasteiger partial charge in [-0.3, -0.25) is 4.79 Å². The Balaban J connectivity index is 1.27. The Kier molecular flexibility index (Phi) is 10.3. The van der Waals surface area contributed by atoms with Crippen molar-refractivity contribution in [1.82, 2.24) is 14.4 Å². The molecule has 1 aliphatic carbocycles. The second kappa shape index (κ2) is 15.2. The van der Waals surface area contributed by atoms with Gasteiger partial charge in [-0.2, -0.15) is 5.09 Å². The zero-order valence-corrected chi connectivity index (χ0v) is 31.8. The van der Waals surface area contributed by atoms with Crippen LogP contribution < -0.4 is 14.7 Å². The van der Waals surface area contributed by atoms with Crippen LogP contribution in [0.3, 0.4) is 0 Å². The fourth-order valence-corrected chi connectivity index (χ4v) is 12.0. The van der Waals surface area contributed by atoms with Crippen molar-refractivity contribution in [2.75, 3.05) is 7.11 Å². The number of hydrogen-bond acceptors (Lipinski definition) is 6. The topological polar surface area (TPSA) is 67.9 Å². The molecule has 52 heavy (non-hydrogen) atoms. The standard InChI is InChI=1S/C44H43BrN3O3P/c1-51-44-23-9-6-20-39(44)40(28-43(49)33-24-26-36(45)27-25-33)46-52(50)47(29-34-16-10-14-31-12-2-4-18-37(31)34)41-21-7-8-22-42(41)48(52)30-35-17-11-15-32-13-3-5-19-38(32)35/h2-6,9-20,23-27,40-42H,7-8,21-22,28-30H2,1H3,(H,46,50)/t40-,41-,42-/m1/s1. The number of benzene rings is 6. The van der Waals surface area contributed by atoms with Gasteiger partial charge in [-0.05, 0) is 63.7 Å². The van der Waals surface area contributed by atoms with Crippen LogP contribution in [0.15, 0.2) is 138 Å². The van der Waals surface area contributed by atoms with Gasteiger partial charge in [0.15, 0.2) is 13.7 Å². The van der Waals surface area contributed by atoms with Gasteiger partial charge in [0.25, 0.3) is 0 Å². The molecule has 0 aromatic heterocycles. The van der Waals surface area contributed by atoms with Crippen molar-refractivity contribution in [1.29, 1.82) is 0 Å². The van der Waals surface area contributed by atoms with Crippen LogP contribution in [-0.2, 0) is 13.1 Å².